The Hall–Kier alpha value is -0.373. The third-order valence-electron chi connectivity index (χ3n) is 2.35. The molecule has 0 aromatic heterocycles. The van der Waals surface area contributed by atoms with Crippen LogP contribution in [0, 0.1) is 0 Å². The number of hydrogen-bond donors (Lipinski definition) is 0. The van der Waals surface area contributed by atoms with Crippen LogP contribution >= 0.6 is 0 Å². The van der Waals surface area contributed by atoms with Gasteiger partial charge in [0.15, 0.2) is 8.32 Å². The molecule has 0 amide bonds. The third-order valence-corrected chi connectivity index (χ3v) is 3.36. The van der Waals surface area contributed by atoms with E-state index in [0.717, 1.165) is 12.8 Å². The zero-order chi connectivity index (χ0) is 12.4. The fourth-order valence-electron chi connectivity index (χ4n) is 1.66. The van der Waals surface area contributed by atoms with Crippen LogP contribution in [0.25, 0.3) is 0 Å². The highest BCUT2D eigenvalue weighted by molar-refractivity contribution is 6.69. The Kier molecular flexibility index (Phi) is 8.54. The highest BCUT2D eigenvalue weighted by Gasteiger charge is 2.19. The summed E-state index contributed by atoms with van der Waals surface area (Å²) >= 11 is 0. The van der Waals surface area contributed by atoms with Gasteiger partial charge in [-0.2, -0.15) is 0 Å². The first-order valence-electron chi connectivity index (χ1n) is 6.38. The van der Waals surface area contributed by atoms with Gasteiger partial charge in [0.05, 0.1) is 6.10 Å². The molecule has 0 bridgehead atoms. The van der Waals surface area contributed by atoms with Gasteiger partial charge in [0.25, 0.3) is 0 Å². The van der Waals surface area contributed by atoms with E-state index in [-0.39, 0.29) is 6.10 Å². The first-order valence-corrected chi connectivity index (χ1v) is 9.79. The first-order chi connectivity index (χ1) is 7.49. The first kappa shape index (κ1) is 15.6. The van der Waals surface area contributed by atoms with Gasteiger partial charge in [-0.05, 0) is 26.1 Å². The fourth-order valence-corrected chi connectivity index (χ4v) is 2.75. The summed E-state index contributed by atoms with van der Waals surface area (Å²) in [6.45, 7) is 8.66. The fraction of sp³-hybridized carbons (Fsp3) is 0.846. The molecule has 16 heavy (non-hydrogen) atoms. The van der Waals surface area contributed by atoms with E-state index in [1.54, 1.807) is 0 Å². The topological polar surface area (TPSA) is 26.3 Å². The molecule has 2 nitrogen and oxygen atoms in total. The second-order valence-corrected chi connectivity index (χ2v) is 9.72. The summed E-state index contributed by atoms with van der Waals surface area (Å²) in [5, 5.41) is 0. The summed E-state index contributed by atoms with van der Waals surface area (Å²) in [6.07, 6.45) is 8.75. The molecule has 0 aliphatic carbocycles. The molecule has 0 radical (unpaired) electrons. The van der Waals surface area contributed by atoms with E-state index in [1.165, 1.54) is 31.8 Å². The minimum absolute atomic E-state index is 0.00852. The lowest BCUT2D eigenvalue weighted by molar-refractivity contribution is 0.227. The summed E-state index contributed by atoms with van der Waals surface area (Å²) < 4.78 is 5.91. The van der Waals surface area contributed by atoms with Gasteiger partial charge >= 0.3 is 0 Å². The molecule has 0 heterocycles. The molecular weight excluding hydrogens is 216 g/mol. The summed E-state index contributed by atoms with van der Waals surface area (Å²) in [7, 11) is -1.54. The second kappa shape index (κ2) is 8.74. The number of rotatable bonds is 9. The van der Waals surface area contributed by atoms with Crippen LogP contribution in [-0.4, -0.2) is 20.4 Å². The molecule has 0 aromatic rings. The predicted molar refractivity (Wildman–Crippen MR) is 71.9 cm³/mol. The monoisotopic (exact) mass is 242 g/mol. The van der Waals surface area contributed by atoms with Crippen molar-refractivity contribution in [1.29, 1.82) is 0 Å². The van der Waals surface area contributed by atoms with Crippen molar-refractivity contribution in [2.45, 2.75) is 71.2 Å². The summed E-state index contributed by atoms with van der Waals surface area (Å²) in [5.74, 6) is 1.86. The molecule has 0 aromatic carbocycles. The number of unbranched alkanes of at least 4 members (excludes halogenated alkanes) is 4. The third kappa shape index (κ3) is 10.2. The molecule has 0 aliphatic heterocycles. The SMILES string of the molecule is CCCCCCCC(C=C=O)O[Si](C)(C)C. The maximum atomic E-state index is 10.4. The average Bonchev–Trinajstić information content (AvgIpc) is 2.15. The maximum Gasteiger partial charge on any atom is 0.184 e. The van der Waals surface area contributed by atoms with E-state index >= 15 is 0 Å². The summed E-state index contributed by atoms with van der Waals surface area (Å²) in [4.78, 5) is 10.4. The average molecular weight is 242 g/mol. The molecule has 0 spiro atoms. The lowest BCUT2D eigenvalue weighted by Gasteiger charge is -2.23. The predicted octanol–water partition coefficient (Wildman–Crippen LogP) is 3.95. The van der Waals surface area contributed by atoms with Crippen LogP contribution in [0.4, 0.5) is 0 Å². The van der Waals surface area contributed by atoms with Gasteiger partial charge in [-0.3, -0.25) is 0 Å². The summed E-state index contributed by atoms with van der Waals surface area (Å²) in [5.41, 5.74) is 0. The van der Waals surface area contributed by atoms with E-state index in [4.69, 9.17) is 4.43 Å². The second-order valence-electron chi connectivity index (χ2n) is 5.26. The lowest BCUT2D eigenvalue weighted by Crippen LogP contribution is -2.31. The zero-order valence-corrected chi connectivity index (χ0v) is 12.2. The van der Waals surface area contributed by atoms with E-state index in [0.29, 0.717) is 0 Å². The molecule has 0 aliphatic rings. The van der Waals surface area contributed by atoms with Crippen LogP contribution < -0.4 is 0 Å². The zero-order valence-electron chi connectivity index (χ0n) is 11.2. The molecule has 94 valence electrons. The molecule has 0 N–H and O–H groups in total. The van der Waals surface area contributed by atoms with Crippen LogP contribution in [-0.2, 0) is 9.22 Å². The van der Waals surface area contributed by atoms with Crippen molar-refractivity contribution in [3.8, 4) is 0 Å². The van der Waals surface area contributed by atoms with Crippen LogP contribution in [0.2, 0.25) is 19.6 Å². The minimum atomic E-state index is -1.54. The van der Waals surface area contributed by atoms with Crippen molar-refractivity contribution in [1.82, 2.24) is 0 Å². The molecule has 0 fully saturated rings. The van der Waals surface area contributed by atoms with E-state index in [1.807, 2.05) is 5.94 Å². The number of hydrogen-bond acceptors (Lipinski definition) is 2. The van der Waals surface area contributed by atoms with Crippen molar-refractivity contribution < 1.29 is 9.22 Å². The van der Waals surface area contributed by atoms with Crippen molar-refractivity contribution in [2.24, 2.45) is 0 Å². The van der Waals surface area contributed by atoms with Gasteiger partial charge in [-0.25, -0.2) is 4.79 Å². The Morgan fingerprint density at radius 2 is 1.81 bits per heavy atom. The van der Waals surface area contributed by atoms with Gasteiger partial charge < -0.3 is 4.43 Å². The van der Waals surface area contributed by atoms with Crippen LogP contribution in [0.1, 0.15) is 45.4 Å². The number of carbonyl (C=O) groups excluding carboxylic acids is 1. The van der Waals surface area contributed by atoms with Crippen molar-refractivity contribution in [3.63, 3.8) is 0 Å². The molecule has 1 atom stereocenters. The van der Waals surface area contributed by atoms with Gasteiger partial charge in [-0.15, -0.1) is 0 Å². The van der Waals surface area contributed by atoms with Crippen molar-refractivity contribution in [2.75, 3.05) is 0 Å². The molecule has 1 unspecified atom stereocenters. The lowest BCUT2D eigenvalue weighted by atomic mass is 10.1. The van der Waals surface area contributed by atoms with Gasteiger partial charge in [-0.1, -0.05) is 39.0 Å². The van der Waals surface area contributed by atoms with Crippen LogP contribution in [0.5, 0.6) is 0 Å². The van der Waals surface area contributed by atoms with E-state index < -0.39 is 8.32 Å². The Balaban J connectivity index is 3.82. The molecular formula is C13H26O2Si. The maximum absolute atomic E-state index is 10.4. The van der Waals surface area contributed by atoms with E-state index in [9.17, 15) is 4.79 Å². The summed E-state index contributed by atoms with van der Waals surface area (Å²) in [6, 6.07) is 0. The Morgan fingerprint density at radius 3 is 2.31 bits per heavy atom. The van der Waals surface area contributed by atoms with Crippen molar-refractivity contribution in [3.05, 3.63) is 6.08 Å². The highest BCUT2D eigenvalue weighted by Crippen LogP contribution is 2.14. The van der Waals surface area contributed by atoms with E-state index in [2.05, 4.69) is 26.6 Å². The standard InChI is InChI=1S/C13H26O2Si/c1-5-6-7-8-9-10-13(11-12-14)15-16(2,3)4/h11,13H,5-10H2,1-4H3. The quantitative estimate of drug-likeness (QED) is 0.347. The van der Waals surface area contributed by atoms with Gasteiger partial charge in [0, 0.05) is 6.08 Å². The Labute approximate surface area is 101 Å². The van der Waals surface area contributed by atoms with Crippen LogP contribution in [0.3, 0.4) is 0 Å². The Morgan fingerprint density at radius 1 is 1.19 bits per heavy atom. The highest BCUT2D eigenvalue weighted by atomic mass is 28.4. The van der Waals surface area contributed by atoms with Crippen molar-refractivity contribution >= 4 is 14.3 Å². The Bertz CT molecular complexity index is 214. The van der Waals surface area contributed by atoms with Gasteiger partial charge in [0.2, 0.25) is 0 Å². The van der Waals surface area contributed by atoms with Gasteiger partial charge in [0.1, 0.15) is 5.94 Å². The largest absolute Gasteiger partial charge is 0.411 e. The molecule has 0 saturated heterocycles. The van der Waals surface area contributed by atoms with Crippen LogP contribution in [0.15, 0.2) is 6.08 Å². The molecule has 0 saturated carbocycles. The minimum Gasteiger partial charge on any atom is -0.411 e. The normalized spacial score (nSPS) is 13.2. The molecule has 3 heteroatoms. The molecule has 0 rings (SSSR count). The smallest absolute Gasteiger partial charge is 0.184 e.